The first kappa shape index (κ1) is 6.22. The number of aromatic nitrogens is 3. The number of rotatable bonds is 2. The molecular weight excluding hydrogens is 116 g/mol. The highest BCUT2D eigenvalue weighted by Crippen LogP contribution is 1.97. The summed E-state index contributed by atoms with van der Waals surface area (Å²) in [6.45, 7) is 2.01. The van der Waals surface area contributed by atoms with Crippen LogP contribution in [0.15, 0.2) is 12.7 Å². The van der Waals surface area contributed by atoms with Crippen LogP contribution in [0.25, 0.3) is 0 Å². The van der Waals surface area contributed by atoms with E-state index in [9.17, 15) is 0 Å². The standard InChI is InChI=1S/C5H10N4/c1-2-5(6)9-4-7-3-8-9/h3-5H,2,6H2,1H3. The summed E-state index contributed by atoms with van der Waals surface area (Å²) in [6, 6.07) is 0. The summed E-state index contributed by atoms with van der Waals surface area (Å²) in [5, 5.41) is 3.87. The molecule has 4 heteroatoms. The van der Waals surface area contributed by atoms with Crippen molar-refractivity contribution in [1.29, 1.82) is 0 Å². The molecular formula is C5H10N4. The van der Waals surface area contributed by atoms with E-state index in [0.717, 1.165) is 6.42 Å². The zero-order valence-corrected chi connectivity index (χ0v) is 5.36. The third-order valence-corrected chi connectivity index (χ3v) is 1.19. The Hall–Kier alpha value is -0.900. The first-order chi connectivity index (χ1) is 4.34. The summed E-state index contributed by atoms with van der Waals surface area (Å²) >= 11 is 0. The molecule has 0 aliphatic carbocycles. The van der Waals surface area contributed by atoms with E-state index in [0.29, 0.717) is 0 Å². The summed E-state index contributed by atoms with van der Waals surface area (Å²) in [5.41, 5.74) is 5.60. The molecule has 0 aliphatic heterocycles. The molecule has 0 radical (unpaired) electrons. The quantitative estimate of drug-likeness (QED) is 0.613. The highest BCUT2D eigenvalue weighted by Gasteiger charge is 1.98. The predicted molar refractivity (Wildman–Crippen MR) is 33.5 cm³/mol. The van der Waals surface area contributed by atoms with Crippen molar-refractivity contribution in [2.45, 2.75) is 19.5 Å². The van der Waals surface area contributed by atoms with E-state index >= 15 is 0 Å². The maximum Gasteiger partial charge on any atom is 0.137 e. The molecule has 1 heterocycles. The number of hydrogen-bond acceptors (Lipinski definition) is 3. The minimum atomic E-state index is -0.0208. The van der Waals surface area contributed by atoms with E-state index in [1.165, 1.54) is 6.33 Å². The van der Waals surface area contributed by atoms with Gasteiger partial charge in [-0.2, -0.15) is 5.10 Å². The van der Waals surface area contributed by atoms with Gasteiger partial charge in [-0.25, -0.2) is 9.67 Å². The van der Waals surface area contributed by atoms with Crippen LogP contribution in [-0.4, -0.2) is 14.8 Å². The Balaban J connectivity index is 2.65. The van der Waals surface area contributed by atoms with Crippen molar-refractivity contribution in [3.05, 3.63) is 12.7 Å². The smallest absolute Gasteiger partial charge is 0.137 e. The second kappa shape index (κ2) is 2.59. The van der Waals surface area contributed by atoms with Gasteiger partial charge >= 0.3 is 0 Å². The fraction of sp³-hybridized carbons (Fsp3) is 0.600. The van der Waals surface area contributed by atoms with Crippen LogP contribution < -0.4 is 5.73 Å². The SMILES string of the molecule is CCC(N)n1cncn1. The van der Waals surface area contributed by atoms with Gasteiger partial charge in [-0.1, -0.05) is 6.92 Å². The summed E-state index contributed by atoms with van der Waals surface area (Å²) in [7, 11) is 0. The van der Waals surface area contributed by atoms with Crippen molar-refractivity contribution in [1.82, 2.24) is 14.8 Å². The van der Waals surface area contributed by atoms with Crippen molar-refractivity contribution in [3.63, 3.8) is 0 Å². The molecule has 0 fully saturated rings. The van der Waals surface area contributed by atoms with Crippen LogP contribution in [0.2, 0.25) is 0 Å². The molecule has 0 amide bonds. The Kier molecular flexibility index (Phi) is 1.79. The summed E-state index contributed by atoms with van der Waals surface area (Å²) in [4.78, 5) is 3.76. The first-order valence-electron chi connectivity index (χ1n) is 2.94. The Morgan fingerprint density at radius 3 is 3.00 bits per heavy atom. The lowest BCUT2D eigenvalue weighted by atomic mass is 10.4. The molecule has 0 saturated heterocycles. The van der Waals surface area contributed by atoms with Crippen LogP contribution in [0.5, 0.6) is 0 Å². The summed E-state index contributed by atoms with van der Waals surface area (Å²) in [5.74, 6) is 0. The molecule has 1 aromatic heterocycles. The average Bonchev–Trinajstić information content (AvgIpc) is 2.37. The molecule has 1 rings (SSSR count). The maximum absolute atomic E-state index is 5.60. The molecule has 4 nitrogen and oxygen atoms in total. The van der Waals surface area contributed by atoms with Crippen molar-refractivity contribution >= 4 is 0 Å². The van der Waals surface area contributed by atoms with E-state index in [-0.39, 0.29) is 6.17 Å². The van der Waals surface area contributed by atoms with Crippen LogP contribution in [0.3, 0.4) is 0 Å². The molecule has 2 N–H and O–H groups in total. The van der Waals surface area contributed by atoms with Gasteiger partial charge in [-0.3, -0.25) is 0 Å². The molecule has 0 aromatic carbocycles. The maximum atomic E-state index is 5.60. The van der Waals surface area contributed by atoms with Gasteiger partial charge < -0.3 is 5.73 Å². The van der Waals surface area contributed by atoms with Gasteiger partial charge in [0.15, 0.2) is 0 Å². The summed E-state index contributed by atoms with van der Waals surface area (Å²) in [6.07, 6.45) is 3.96. The topological polar surface area (TPSA) is 56.7 Å². The van der Waals surface area contributed by atoms with E-state index in [1.807, 2.05) is 6.92 Å². The second-order valence-corrected chi connectivity index (χ2v) is 1.85. The lowest BCUT2D eigenvalue weighted by Crippen LogP contribution is -2.17. The zero-order chi connectivity index (χ0) is 6.69. The predicted octanol–water partition coefficient (Wildman–Crippen LogP) is 0.145. The average molecular weight is 126 g/mol. The molecule has 0 bridgehead atoms. The molecule has 1 unspecified atom stereocenters. The third kappa shape index (κ3) is 1.26. The number of nitrogens with zero attached hydrogens (tertiary/aromatic N) is 3. The Bertz CT molecular complexity index is 157. The first-order valence-corrected chi connectivity index (χ1v) is 2.94. The Morgan fingerprint density at radius 2 is 2.56 bits per heavy atom. The van der Waals surface area contributed by atoms with E-state index < -0.39 is 0 Å². The van der Waals surface area contributed by atoms with Crippen molar-refractivity contribution in [3.8, 4) is 0 Å². The molecule has 0 aliphatic rings. The monoisotopic (exact) mass is 126 g/mol. The van der Waals surface area contributed by atoms with E-state index in [4.69, 9.17) is 5.73 Å². The minimum absolute atomic E-state index is 0.0208. The van der Waals surface area contributed by atoms with Crippen LogP contribution >= 0.6 is 0 Å². The molecule has 1 atom stereocenters. The zero-order valence-electron chi connectivity index (χ0n) is 5.36. The van der Waals surface area contributed by atoms with Gasteiger partial charge in [0.05, 0.1) is 0 Å². The Labute approximate surface area is 53.7 Å². The molecule has 1 aromatic rings. The number of hydrogen-bond donors (Lipinski definition) is 1. The molecule has 9 heavy (non-hydrogen) atoms. The van der Waals surface area contributed by atoms with Gasteiger partial charge in [0.1, 0.15) is 18.8 Å². The van der Waals surface area contributed by atoms with Crippen LogP contribution in [0.4, 0.5) is 0 Å². The van der Waals surface area contributed by atoms with Gasteiger partial charge in [0, 0.05) is 0 Å². The fourth-order valence-corrected chi connectivity index (χ4v) is 0.576. The van der Waals surface area contributed by atoms with Crippen LogP contribution in [-0.2, 0) is 0 Å². The molecule has 0 spiro atoms. The van der Waals surface area contributed by atoms with Gasteiger partial charge in [0.25, 0.3) is 0 Å². The Morgan fingerprint density at radius 1 is 1.78 bits per heavy atom. The highest BCUT2D eigenvalue weighted by atomic mass is 15.4. The van der Waals surface area contributed by atoms with E-state index in [2.05, 4.69) is 10.1 Å². The highest BCUT2D eigenvalue weighted by molar-refractivity contribution is 4.61. The molecule has 50 valence electrons. The van der Waals surface area contributed by atoms with Crippen molar-refractivity contribution in [2.75, 3.05) is 0 Å². The van der Waals surface area contributed by atoms with Crippen LogP contribution in [0.1, 0.15) is 19.5 Å². The summed E-state index contributed by atoms with van der Waals surface area (Å²) < 4.78 is 1.64. The number of nitrogens with two attached hydrogens (primary N) is 1. The van der Waals surface area contributed by atoms with Crippen LogP contribution in [0, 0.1) is 0 Å². The van der Waals surface area contributed by atoms with Crippen molar-refractivity contribution < 1.29 is 0 Å². The molecule has 0 saturated carbocycles. The van der Waals surface area contributed by atoms with Gasteiger partial charge in [-0.15, -0.1) is 0 Å². The lowest BCUT2D eigenvalue weighted by Gasteiger charge is -2.05. The lowest BCUT2D eigenvalue weighted by molar-refractivity contribution is 0.455. The van der Waals surface area contributed by atoms with E-state index in [1.54, 1.807) is 11.0 Å². The van der Waals surface area contributed by atoms with Crippen molar-refractivity contribution in [2.24, 2.45) is 5.73 Å². The largest absolute Gasteiger partial charge is 0.310 e. The third-order valence-electron chi connectivity index (χ3n) is 1.19. The fourth-order valence-electron chi connectivity index (χ4n) is 0.576. The minimum Gasteiger partial charge on any atom is -0.310 e. The van der Waals surface area contributed by atoms with Gasteiger partial charge in [0.2, 0.25) is 0 Å². The normalized spacial score (nSPS) is 13.6. The second-order valence-electron chi connectivity index (χ2n) is 1.85. The van der Waals surface area contributed by atoms with Gasteiger partial charge in [-0.05, 0) is 6.42 Å².